The van der Waals surface area contributed by atoms with Crippen molar-refractivity contribution in [3.63, 3.8) is 0 Å². The van der Waals surface area contributed by atoms with Crippen molar-refractivity contribution in [1.29, 1.82) is 0 Å². The van der Waals surface area contributed by atoms with Crippen LogP contribution in [0.5, 0.6) is 0 Å². The number of benzene rings is 1. The van der Waals surface area contributed by atoms with Crippen LogP contribution in [0.2, 0.25) is 0 Å². The normalized spacial score (nSPS) is 32.6. The van der Waals surface area contributed by atoms with Crippen LogP contribution in [0.3, 0.4) is 0 Å². The Kier molecular flexibility index (Phi) is 8.51. The summed E-state index contributed by atoms with van der Waals surface area (Å²) in [4.78, 5) is 16.8. The molecule has 4 aliphatic rings. The van der Waals surface area contributed by atoms with Crippen LogP contribution < -0.4 is 5.32 Å². The Bertz CT molecular complexity index is 924. The first-order valence-electron chi connectivity index (χ1n) is 15.1. The summed E-state index contributed by atoms with van der Waals surface area (Å²) < 4.78 is 5.17. The second-order valence-electron chi connectivity index (χ2n) is 13.0. The highest BCUT2D eigenvalue weighted by molar-refractivity contribution is 5.76. The van der Waals surface area contributed by atoms with E-state index in [0.717, 1.165) is 51.5 Å². The van der Waals surface area contributed by atoms with E-state index in [4.69, 9.17) is 4.74 Å². The van der Waals surface area contributed by atoms with E-state index in [1.807, 2.05) is 0 Å². The standard InChI is InChI=1S/C31H49N3O4/c1-3-8-24(2)19-29(25-9-5-4-6-10-25)14-16-30(17-15-29)22-33(18-11-27(35)32-26-20-38-21-26)28(36)34(30)23-31(37)12-7-13-31/h4-6,9-10,24,26,28,36-37H,3,7-8,11-23H2,1-2H3,(H,32,35)/t24?,28?,29-,30-. The van der Waals surface area contributed by atoms with E-state index in [-0.39, 0.29) is 22.9 Å². The van der Waals surface area contributed by atoms with E-state index in [0.29, 0.717) is 38.6 Å². The number of hydrogen-bond donors (Lipinski definition) is 3. The summed E-state index contributed by atoms with van der Waals surface area (Å²) in [6.07, 6.45) is 10.1. The molecule has 4 fully saturated rings. The van der Waals surface area contributed by atoms with Crippen LogP contribution in [0.1, 0.15) is 90.0 Å². The number of amides is 1. The smallest absolute Gasteiger partial charge is 0.221 e. The molecule has 0 aromatic heterocycles. The zero-order valence-electron chi connectivity index (χ0n) is 23.5. The van der Waals surface area contributed by atoms with Crippen molar-refractivity contribution in [3.8, 4) is 0 Å². The molecule has 2 unspecified atom stereocenters. The van der Waals surface area contributed by atoms with Gasteiger partial charge < -0.3 is 20.3 Å². The third-order valence-corrected chi connectivity index (χ3v) is 10.1. The minimum absolute atomic E-state index is 0.0206. The predicted octanol–water partition coefficient (Wildman–Crippen LogP) is 3.78. The topological polar surface area (TPSA) is 85.3 Å². The minimum Gasteiger partial charge on any atom is -0.389 e. The maximum Gasteiger partial charge on any atom is 0.221 e. The molecule has 2 saturated carbocycles. The van der Waals surface area contributed by atoms with Crippen LogP contribution in [0.4, 0.5) is 0 Å². The number of aliphatic hydroxyl groups excluding tert-OH is 1. The summed E-state index contributed by atoms with van der Waals surface area (Å²) in [5.74, 6) is 0.693. The Hall–Kier alpha value is -1.51. The number of nitrogens with one attached hydrogen (secondary N) is 1. The molecule has 0 bridgehead atoms. The number of carbonyl (C=O) groups excluding carboxylic acids is 1. The van der Waals surface area contributed by atoms with Crippen LogP contribution in [-0.2, 0) is 14.9 Å². The van der Waals surface area contributed by atoms with Crippen molar-refractivity contribution in [2.45, 2.75) is 113 Å². The fourth-order valence-corrected chi connectivity index (χ4v) is 7.66. The van der Waals surface area contributed by atoms with Gasteiger partial charge in [-0.3, -0.25) is 14.6 Å². The summed E-state index contributed by atoms with van der Waals surface area (Å²) in [5.41, 5.74) is 0.738. The fourth-order valence-electron chi connectivity index (χ4n) is 7.66. The Labute approximate surface area is 228 Å². The predicted molar refractivity (Wildman–Crippen MR) is 148 cm³/mol. The molecule has 1 aromatic rings. The Morgan fingerprint density at radius 1 is 1.13 bits per heavy atom. The average molecular weight is 528 g/mol. The summed E-state index contributed by atoms with van der Waals surface area (Å²) in [6.45, 7) is 7.65. The van der Waals surface area contributed by atoms with Gasteiger partial charge in [0.1, 0.15) is 0 Å². The van der Waals surface area contributed by atoms with Crippen LogP contribution in [-0.4, -0.2) is 82.3 Å². The highest BCUT2D eigenvalue weighted by Gasteiger charge is 2.56. The third-order valence-electron chi connectivity index (χ3n) is 10.1. The quantitative estimate of drug-likeness (QED) is 0.406. The van der Waals surface area contributed by atoms with Gasteiger partial charge in [0, 0.05) is 31.6 Å². The Morgan fingerprint density at radius 2 is 1.84 bits per heavy atom. The van der Waals surface area contributed by atoms with E-state index < -0.39 is 12.0 Å². The first kappa shape index (κ1) is 28.0. The van der Waals surface area contributed by atoms with Gasteiger partial charge in [-0.1, -0.05) is 57.0 Å². The largest absolute Gasteiger partial charge is 0.389 e. The van der Waals surface area contributed by atoms with Crippen molar-refractivity contribution >= 4 is 5.91 Å². The summed E-state index contributed by atoms with van der Waals surface area (Å²) in [5, 5.41) is 25.7. The lowest BCUT2D eigenvalue weighted by Crippen LogP contribution is -2.59. The SMILES string of the molecule is CCCC(C)C[C@]1(c2ccccc2)CC[C@]2(CC1)CN(CCC(=O)NC1COC1)C(O)N2CC1(O)CCC1. The Balaban J connectivity index is 1.32. The lowest BCUT2D eigenvalue weighted by molar-refractivity contribution is -0.143. The van der Waals surface area contributed by atoms with Crippen molar-refractivity contribution in [2.75, 3.05) is 32.8 Å². The van der Waals surface area contributed by atoms with Gasteiger partial charge in [-0.15, -0.1) is 0 Å². The lowest BCUT2D eigenvalue weighted by Gasteiger charge is -2.52. The molecular formula is C31H49N3O4. The van der Waals surface area contributed by atoms with Crippen molar-refractivity contribution < 1.29 is 19.7 Å². The number of nitrogens with zero attached hydrogens (tertiary/aromatic N) is 2. The number of rotatable bonds is 11. The van der Waals surface area contributed by atoms with Gasteiger partial charge in [0.2, 0.25) is 5.91 Å². The molecule has 2 saturated heterocycles. The molecule has 1 spiro atoms. The molecule has 3 N–H and O–H groups in total. The molecule has 2 aliphatic heterocycles. The van der Waals surface area contributed by atoms with Crippen LogP contribution in [0.15, 0.2) is 30.3 Å². The molecule has 5 rings (SSSR count). The summed E-state index contributed by atoms with van der Waals surface area (Å²) >= 11 is 0. The molecule has 1 amide bonds. The molecule has 7 heteroatoms. The number of aliphatic hydroxyl groups is 2. The maximum atomic E-state index is 12.5. The minimum atomic E-state index is -0.761. The van der Waals surface area contributed by atoms with Gasteiger partial charge in [0.15, 0.2) is 6.35 Å². The molecule has 7 nitrogen and oxygen atoms in total. The average Bonchev–Trinajstić information content (AvgIpc) is 3.12. The molecule has 2 heterocycles. The number of ether oxygens (including phenoxy) is 1. The monoisotopic (exact) mass is 527 g/mol. The molecule has 2 atom stereocenters. The molecule has 212 valence electrons. The van der Waals surface area contributed by atoms with Gasteiger partial charge in [-0.05, 0) is 68.3 Å². The van der Waals surface area contributed by atoms with E-state index in [9.17, 15) is 15.0 Å². The zero-order chi connectivity index (χ0) is 26.8. The zero-order valence-corrected chi connectivity index (χ0v) is 23.5. The molecular weight excluding hydrogens is 478 g/mol. The maximum absolute atomic E-state index is 12.5. The van der Waals surface area contributed by atoms with Crippen molar-refractivity contribution in [1.82, 2.24) is 15.1 Å². The summed E-state index contributed by atoms with van der Waals surface area (Å²) in [6, 6.07) is 11.2. The fraction of sp³-hybridized carbons (Fsp3) is 0.774. The Morgan fingerprint density at radius 3 is 2.42 bits per heavy atom. The highest BCUT2D eigenvalue weighted by Crippen LogP contribution is 2.52. The summed E-state index contributed by atoms with van der Waals surface area (Å²) in [7, 11) is 0. The van der Waals surface area contributed by atoms with Gasteiger partial charge >= 0.3 is 0 Å². The van der Waals surface area contributed by atoms with Gasteiger partial charge in [-0.2, -0.15) is 0 Å². The van der Waals surface area contributed by atoms with Crippen LogP contribution >= 0.6 is 0 Å². The molecule has 38 heavy (non-hydrogen) atoms. The molecule has 1 aromatic carbocycles. The second kappa shape index (κ2) is 11.5. The third kappa shape index (κ3) is 5.83. The van der Waals surface area contributed by atoms with Crippen LogP contribution in [0.25, 0.3) is 0 Å². The van der Waals surface area contributed by atoms with Crippen molar-refractivity contribution in [3.05, 3.63) is 35.9 Å². The highest BCUT2D eigenvalue weighted by atomic mass is 16.5. The number of hydrogen-bond acceptors (Lipinski definition) is 6. The van der Waals surface area contributed by atoms with Crippen LogP contribution in [0, 0.1) is 5.92 Å². The number of β-amino-alcohol motifs (C(OH)–C–C–N with tert-alkyl or cyclic N) is 1. The van der Waals surface area contributed by atoms with E-state index in [1.165, 1.54) is 24.8 Å². The van der Waals surface area contributed by atoms with E-state index >= 15 is 0 Å². The molecule has 2 aliphatic carbocycles. The molecule has 0 radical (unpaired) electrons. The lowest BCUT2D eigenvalue weighted by atomic mass is 9.60. The van der Waals surface area contributed by atoms with Crippen molar-refractivity contribution in [2.24, 2.45) is 5.92 Å². The first-order valence-corrected chi connectivity index (χ1v) is 15.1. The van der Waals surface area contributed by atoms with Gasteiger partial charge in [0.25, 0.3) is 0 Å². The first-order chi connectivity index (χ1) is 18.3. The number of carbonyl (C=O) groups is 1. The van der Waals surface area contributed by atoms with Gasteiger partial charge in [-0.25, -0.2) is 0 Å². The van der Waals surface area contributed by atoms with E-state index in [1.54, 1.807) is 0 Å². The van der Waals surface area contributed by atoms with Gasteiger partial charge in [0.05, 0.1) is 24.9 Å². The van der Waals surface area contributed by atoms with E-state index in [2.05, 4.69) is 59.3 Å². The second-order valence-corrected chi connectivity index (χ2v) is 13.0.